The predicted molar refractivity (Wildman–Crippen MR) is 114 cm³/mol. The average molecular weight is 450 g/mol. The standard InChI is InChI=1S/C23H14O10/c1-8(24)23(31)12-6-17(28)14(25)3-9(12)2-13(23)18-7-19-20(22(30)32-18)10-4-15(26)16(27)5-11(10)21(29)33-19/h2-7,25-28,31H,1H3. The van der Waals surface area contributed by atoms with E-state index in [0.29, 0.717) is 0 Å². The van der Waals surface area contributed by atoms with Crippen LogP contribution in [0.15, 0.2) is 48.8 Å². The summed E-state index contributed by atoms with van der Waals surface area (Å²) in [7, 11) is 0. The van der Waals surface area contributed by atoms with Crippen LogP contribution in [-0.4, -0.2) is 31.3 Å². The second kappa shape index (κ2) is 6.47. The largest absolute Gasteiger partial charge is 0.504 e. The molecule has 0 fully saturated rings. The Labute approximate surface area is 182 Å². The lowest BCUT2D eigenvalue weighted by Gasteiger charge is -2.24. The molecule has 2 heterocycles. The number of phenols is 4. The summed E-state index contributed by atoms with van der Waals surface area (Å²) in [6.45, 7) is 1.09. The number of Topliss-reactive ketones (excluding diaryl/α,β-unsaturated/α-hetero) is 1. The zero-order chi connectivity index (χ0) is 23.8. The van der Waals surface area contributed by atoms with Crippen LogP contribution in [0.25, 0.3) is 33.4 Å². The van der Waals surface area contributed by atoms with Crippen molar-refractivity contribution >= 4 is 39.2 Å². The molecule has 1 atom stereocenters. The van der Waals surface area contributed by atoms with Crippen LogP contribution >= 0.6 is 0 Å². The molecule has 5 rings (SSSR count). The monoisotopic (exact) mass is 450 g/mol. The highest BCUT2D eigenvalue weighted by atomic mass is 16.4. The zero-order valence-electron chi connectivity index (χ0n) is 16.7. The van der Waals surface area contributed by atoms with Crippen molar-refractivity contribution in [1.29, 1.82) is 0 Å². The van der Waals surface area contributed by atoms with Crippen molar-refractivity contribution in [3.8, 4) is 23.0 Å². The van der Waals surface area contributed by atoms with E-state index in [9.17, 15) is 39.9 Å². The lowest BCUT2D eigenvalue weighted by Crippen LogP contribution is -2.33. The number of aliphatic hydroxyl groups is 1. The first kappa shape index (κ1) is 20.3. The number of hydrogen-bond acceptors (Lipinski definition) is 10. The fourth-order valence-electron chi connectivity index (χ4n) is 4.09. The van der Waals surface area contributed by atoms with Crippen LogP contribution in [0.4, 0.5) is 0 Å². The van der Waals surface area contributed by atoms with Gasteiger partial charge in [0, 0.05) is 22.6 Å². The maximum atomic E-state index is 12.9. The maximum Gasteiger partial charge on any atom is 0.348 e. The van der Waals surface area contributed by atoms with Gasteiger partial charge < -0.3 is 34.4 Å². The smallest absolute Gasteiger partial charge is 0.348 e. The van der Waals surface area contributed by atoms with Gasteiger partial charge in [-0.05, 0) is 42.8 Å². The molecule has 1 aliphatic carbocycles. The Balaban J connectivity index is 1.82. The molecule has 0 aliphatic heterocycles. The van der Waals surface area contributed by atoms with Gasteiger partial charge in [-0.1, -0.05) is 0 Å². The highest BCUT2D eigenvalue weighted by Gasteiger charge is 2.46. The van der Waals surface area contributed by atoms with Gasteiger partial charge >= 0.3 is 11.3 Å². The molecule has 1 aliphatic rings. The molecule has 166 valence electrons. The van der Waals surface area contributed by atoms with Gasteiger partial charge in [-0.15, -0.1) is 0 Å². The lowest BCUT2D eigenvalue weighted by atomic mass is 9.85. The number of carbonyl (C=O) groups excluding carboxylic acids is 1. The van der Waals surface area contributed by atoms with Crippen LogP contribution in [0.5, 0.6) is 23.0 Å². The summed E-state index contributed by atoms with van der Waals surface area (Å²) in [5.41, 5.74) is -4.52. The molecule has 2 aromatic carbocycles. The SMILES string of the molecule is CC(=O)C1(O)C(c2cc3oc(=O)c4cc(O)c(O)cc4c3c(=O)o2)=Cc2cc(O)c(O)cc21. The fourth-order valence-corrected chi connectivity index (χ4v) is 4.09. The molecule has 0 saturated heterocycles. The van der Waals surface area contributed by atoms with Crippen LogP contribution in [0, 0.1) is 0 Å². The Hall–Kier alpha value is -4.57. The van der Waals surface area contributed by atoms with Gasteiger partial charge in [-0.25, -0.2) is 9.59 Å². The van der Waals surface area contributed by atoms with Crippen molar-refractivity contribution in [1.82, 2.24) is 0 Å². The third kappa shape index (κ3) is 2.68. The fraction of sp³-hybridized carbons (Fsp3) is 0.0870. The van der Waals surface area contributed by atoms with Gasteiger partial charge in [0.05, 0.1) is 5.39 Å². The van der Waals surface area contributed by atoms with E-state index in [1.165, 1.54) is 6.08 Å². The van der Waals surface area contributed by atoms with Gasteiger partial charge in [0.2, 0.25) is 0 Å². The summed E-state index contributed by atoms with van der Waals surface area (Å²) < 4.78 is 10.6. The number of phenolic OH excluding ortho intramolecular Hbond substituents is 4. The third-order valence-electron chi connectivity index (χ3n) is 5.72. The number of hydrogen-bond donors (Lipinski definition) is 5. The number of benzene rings is 2. The molecule has 1 unspecified atom stereocenters. The second-order valence-corrected chi connectivity index (χ2v) is 7.67. The van der Waals surface area contributed by atoms with Crippen LogP contribution < -0.4 is 11.3 Å². The van der Waals surface area contributed by atoms with Crippen molar-refractivity contribution in [2.45, 2.75) is 12.5 Å². The molecular weight excluding hydrogens is 436 g/mol. The molecule has 5 N–H and O–H groups in total. The summed E-state index contributed by atoms with van der Waals surface area (Å²) in [6.07, 6.45) is 1.29. The molecule has 33 heavy (non-hydrogen) atoms. The van der Waals surface area contributed by atoms with Gasteiger partial charge in [0.1, 0.15) is 16.7 Å². The van der Waals surface area contributed by atoms with E-state index in [1.807, 2.05) is 0 Å². The predicted octanol–water partition coefficient (Wildman–Crippen LogP) is 2.05. The molecule has 10 nitrogen and oxygen atoms in total. The van der Waals surface area contributed by atoms with E-state index >= 15 is 0 Å². The van der Waals surface area contributed by atoms with Crippen LogP contribution in [0.1, 0.15) is 23.8 Å². The van der Waals surface area contributed by atoms with Crippen molar-refractivity contribution in [2.24, 2.45) is 0 Å². The van der Waals surface area contributed by atoms with Gasteiger partial charge in [0.15, 0.2) is 34.4 Å². The molecule has 0 saturated carbocycles. The third-order valence-corrected chi connectivity index (χ3v) is 5.72. The Kier molecular flexibility index (Phi) is 3.99. The number of ketones is 1. The summed E-state index contributed by atoms with van der Waals surface area (Å²) in [4.78, 5) is 37.8. The normalized spacial score (nSPS) is 17.3. The molecule has 0 bridgehead atoms. The Bertz CT molecular complexity index is 1690. The first-order valence-electron chi connectivity index (χ1n) is 9.51. The molecular formula is C23H14O10. The van der Waals surface area contributed by atoms with E-state index in [-0.39, 0.29) is 44.2 Å². The molecule has 0 spiro atoms. The van der Waals surface area contributed by atoms with E-state index in [4.69, 9.17) is 8.83 Å². The number of carbonyl (C=O) groups is 1. The second-order valence-electron chi connectivity index (χ2n) is 7.67. The lowest BCUT2D eigenvalue weighted by molar-refractivity contribution is -0.130. The van der Waals surface area contributed by atoms with Crippen molar-refractivity contribution in [3.05, 3.63) is 68.1 Å². The summed E-state index contributed by atoms with van der Waals surface area (Å²) in [6, 6.07) is 5.26. The molecule has 2 aromatic heterocycles. The van der Waals surface area contributed by atoms with Crippen LogP contribution in [0.2, 0.25) is 0 Å². The van der Waals surface area contributed by atoms with Gasteiger partial charge in [-0.3, -0.25) is 4.79 Å². The highest BCUT2D eigenvalue weighted by Crippen LogP contribution is 2.48. The minimum absolute atomic E-state index is 0.0304. The average Bonchev–Trinajstić information content (AvgIpc) is 3.02. The molecule has 10 heteroatoms. The van der Waals surface area contributed by atoms with Crippen molar-refractivity contribution in [3.63, 3.8) is 0 Å². The quantitative estimate of drug-likeness (QED) is 0.224. The van der Waals surface area contributed by atoms with Gasteiger partial charge in [0.25, 0.3) is 0 Å². The highest BCUT2D eigenvalue weighted by molar-refractivity contribution is 6.10. The van der Waals surface area contributed by atoms with Gasteiger partial charge in [-0.2, -0.15) is 0 Å². The minimum Gasteiger partial charge on any atom is -0.504 e. The zero-order valence-corrected chi connectivity index (χ0v) is 16.7. The summed E-state index contributed by atoms with van der Waals surface area (Å²) >= 11 is 0. The Morgan fingerprint density at radius 1 is 0.818 bits per heavy atom. The Morgan fingerprint density at radius 3 is 2.09 bits per heavy atom. The maximum absolute atomic E-state index is 12.9. The van der Waals surface area contributed by atoms with Crippen molar-refractivity contribution in [2.75, 3.05) is 0 Å². The number of rotatable bonds is 2. The van der Waals surface area contributed by atoms with Crippen LogP contribution in [-0.2, 0) is 10.4 Å². The van der Waals surface area contributed by atoms with E-state index in [1.54, 1.807) is 0 Å². The molecule has 0 amide bonds. The minimum atomic E-state index is -2.33. The Morgan fingerprint density at radius 2 is 1.42 bits per heavy atom. The summed E-state index contributed by atoms with van der Waals surface area (Å²) in [5.74, 6) is -3.27. The first-order valence-corrected chi connectivity index (χ1v) is 9.51. The number of fused-ring (bicyclic) bond motifs is 4. The topological polar surface area (TPSA) is 179 Å². The molecule has 0 radical (unpaired) electrons. The van der Waals surface area contributed by atoms with Crippen LogP contribution in [0.3, 0.4) is 0 Å². The van der Waals surface area contributed by atoms with E-state index in [2.05, 4.69) is 0 Å². The summed E-state index contributed by atoms with van der Waals surface area (Å²) in [5, 5.41) is 50.0. The molecule has 4 aromatic rings. The van der Waals surface area contributed by atoms with E-state index < -0.39 is 45.6 Å². The number of aromatic hydroxyl groups is 4. The first-order chi connectivity index (χ1) is 15.5. The van der Waals surface area contributed by atoms with Crippen molar-refractivity contribution < 1.29 is 39.2 Å². The van der Waals surface area contributed by atoms with E-state index in [0.717, 1.165) is 37.3 Å².